The van der Waals surface area contributed by atoms with Gasteiger partial charge in [0.05, 0.1) is 0 Å². The number of aliphatic hydroxyl groups is 1. The molecule has 0 radical (unpaired) electrons. The minimum Gasteiger partial charge on any atom is -0.389 e. The third kappa shape index (κ3) is 2.30. The van der Waals surface area contributed by atoms with Crippen LogP contribution in [0.1, 0.15) is 0 Å². The van der Waals surface area contributed by atoms with Crippen molar-refractivity contribution in [1.82, 2.24) is 10.0 Å². The molecular formula is C5H9N5O7. The first-order chi connectivity index (χ1) is 7.82. The van der Waals surface area contributed by atoms with E-state index in [0.29, 0.717) is 10.0 Å². The summed E-state index contributed by atoms with van der Waals surface area (Å²) in [6.07, 6.45) is 0. The highest BCUT2D eigenvalue weighted by Gasteiger charge is 2.55. The van der Waals surface area contributed by atoms with Gasteiger partial charge >= 0.3 is 0 Å². The van der Waals surface area contributed by atoms with E-state index >= 15 is 0 Å². The topological polar surface area (TPSA) is 156 Å². The average Bonchev–Trinajstić information content (AvgIpc) is 2.27. The summed E-state index contributed by atoms with van der Waals surface area (Å²) in [6.45, 7) is -3.06. The average molecular weight is 251 g/mol. The van der Waals surface area contributed by atoms with Crippen LogP contribution >= 0.6 is 0 Å². The smallest absolute Gasteiger partial charge is 0.290 e. The Bertz CT molecular complexity index is 337. The van der Waals surface area contributed by atoms with Crippen molar-refractivity contribution in [3.63, 3.8) is 0 Å². The molecule has 0 spiro atoms. The predicted octanol–water partition coefficient (Wildman–Crippen LogP) is -2.05. The van der Waals surface area contributed by atoms with Crippen molar-refractivity contribution < 1.29 is 20.1 Å². The van der Waals surface area contributed by atoms with Gasteiger partial charge < -0.3 is 5.11 Å². The molecule has 1 aliphatic rings. The van der Waals surface area contributed by atoms with Crippen molar-refractivity contribution in [2.45, 2.75) is 5.54 Å². The van der Waals surface area contributed by atoms with E-state index in [1.807, 2.05) is 0 Å². The zero-order chi connectivity index (χ0) is 13.2. The number of aliphatic hydroxyl groups excluding tert-OH is 1. The lowest BCUT2D eigenvalue weighted by atomic mass is 10.00. The van der Waals surface area contributed by atoms with Crippen LogP contribution in [0.3, 0.4) is 0 Å². The molecule has 1 fully saturated rings. The van der Waals surface area contributed by atoms with E-state index in [0.717, 1.165) is 0 Å². The molecule has 12 heteroatoms. The largest absolute Gasteiger partial charge is 0.389 e. The minimum atomic E-state index is -2.13. The standard InChI is InChI=1S/C5H9N5O7/c11-3-5(8(12)13)1-6(9(14)15)4-7(2-5)10(16)17/h11H,1-4H2. The molecule has 1 saturated heterocycles. The molecule has 1 aliphatic heterocycles. The molecule has 12 nitrogen and oxygen atoms in total. The molecule has 1 heterocycles. The van der Waals surface area contributed by atoms with Crippen molar-refractivity contribution in [3.05, 3.63) is 30.3 Å². The van der Waals surface area contributed by atoms with Crippen LogP contribution in [0.25, 0.3) is 0 Å². The van der Waals surface area contributed by atoms with Crippen LogP contribution in [0.15, 0.2) is 0 Å². The van der Waals surface area contributed by atoms with Gasteiger partial charge in [-0.3, -0.25) is 10.1 Å². The zero-order valence-electron chi connectivity index (χ0n) is 8.46. The molecule has 96 valence electrons. The lowest BCUT2D eigenvalue weighted by Gasteiger charge is -2.33. The third-order valence-electron chi connectivity index (χ3n) is 2.42. The first-order valence-corrected chi connectivity index (χ1v) is 4.36. The first-order valence-electron chi connectivity index (χ1n) is 4.36. The van der Waals surface area contributed by atoms with Gasteiger partial charge in [-0.15, -0.1) is 0 Å². The van der Waals surface area contributed by atoms with Gasteiger partial charge in [0.1, 0.15) is 6.61 Å². The molecule has 1 rings (SSSR count). The van der Waals surface area contributed by atoms with E-state index in [1.165, 1.54) is 0 Å². The van der Waals surface area contributed by atoms with Crippen molar-refractivity contribution in [1.29, 1.82) is 0 Å². The van der Waals surface area contributed by atoms with Gasteiger partial charge in [-0.1, -0.05) is 10.0 Å². The molecule has 0 amide bonds. The van der Waals surface area contributed by atoms with Crippen LogP contribution in [0, 0.1) is 30.3 Å². The molecule has 0 saturated carbocycles. The van der Waals surface area contributed by atoms with Crippen molar-refractivity contribution >= 4 is 0 Å². The Morgan fingerprint density at radius 1 is 1.06 bits per heavy atom. The van der Waals surface area contributed by atoms with Crippen LogP contribution in [0.2, 0.25) is 0 Å². The Balaban J connectivity index is 3.03. The highest BCUT2D eigenvalue weighted by molar-refractivity contribution is 4.86. The maximum atomic E-state index is 10.8. The quantitative estimate of drug-likeness (QED) is 0.438. The highest BCUT2D eigenvalue weighted by Crippen LogP contribution is 2.19. The maximum Gasteiger partial charge on any atom is 0.290 e. The van der Waals surface area contributed by atoms with Crippen LogP contribution in [0.4, 0.5) is 0 Å². The van der Waals surface area contributed by atoms with E-state index in [-0.39, 0.29) is 0 Å². The van der Waals surface area contributed by atoms with Crippen LogP contribution in [-0.2, 0) is 0 Å². The van der Waals surface area contributed by atoms with Crippen molar-refractivity contribution in [2.24, 2.45) is 0 Å². The molecule has 0 bridgehead atoms. The van der Waals surface area contributed by atoms with Gasteiger partial charge in [0, 0.05) is 4.92 Å². The molecule has 0 atom stereocenters. The Kier molecular flexibility index (Phi) is 3.26. The lowest BCUT2D eigenvalue weighted by Crippen LogP contribution is -2.66. The minimum absolute atomic E-state index is 0.325. The number of hydrogen-bond donors (Lipinski definition) is 1. The molecule has 0 aromatic rings. The van der Waals surface area contributed by atoms with E-state index in [9.17, 15) is 30.3 Å². The van der Waals surface area contributed by atoms with E-state index in [2.05, 4.69) is 0 Å². The Hall–Kier alpha value is -2.24. The fourth-order valence-corrected chi connectivity index (χ4v) is 1.51. The summed E-state index contributed by atoms with van der Waals surface area (Å²) in [4.78, 5) is 30.9. The number of nitrogens with zero attached hydrogens (tertiary/aromatic N) is 5. The molecule has 0 unspecified atom stereocenters. The fraction of sp³-hybridized carbons (Fsp3) is 1.00. The van der Waals surface area contributed by atoms with E-state index < -0.39 is 46.9 Å². The molecule has 0 aliphatic carbocycles. The fourth-order valence-electron chi connectivity index (χ4n) is 1.51. The summed E-state index contributed by atoms with van der Waals surface area (Å²) in [5, 5.41) is 39.5. The molecule has 1 N–H and O–H groups in total. The number of hydrogen-bond acceptors (Lipinski definition) is 7. The molecule has 0 aromatic heterocycles. The number of nitro groups is 3. The van der Waals surface area contributed by atoms with Gasteiger partial charge in [0.25, 0.3) is 5.54 Å². The van der Waals surface area contributed by atoms with Crippen LogP contribution in [0.5, 0.6) is 0 Å². The summed E-state index contributed by atoms with van der Waals surface area (Å²) in [5.74, 6) is 0. The van der Waals surface area contributed by atoms with Gasteiger partial charge in [-0.25, -0.2) is 20.2 Å². The molecule has 17 heavy (non-hydrogen) atoms. The van der Waals surface area contributed by atoms with Crippen molar-refractivity contribution in [2.75, 3.05) is 26.4 Å². The Labute approximate surface area is 93.4 Å². The second-order valence-corrected chi connectivity index (χ2v) is 3.59. The number of hydrazine groups is 2. The third-order valence-corrected chi connectivity index (χ3v) is 2.42. The normalized spacial score (nSPS) is 18.9. The Morgan fingerprint density at radius 2 is 1.47 bits per heavy atom. The van der Waals surface area contributed by atoms with Gasteiger partial charge in [-0.05, 0) is 0 Å². The number of rotatable bonds is 4. The van der Waals surface area contributed by atoms with Gasteiger partial charge in [0.15, 0.2) is 23.2 Å². The van der Waals surface area contributed by atoms with Crippen LogP contribution in [-0.4, -0.2) is 62.0 Å². The summed E-state index contributed by atoms with van der Waals surface area (Å²) in [5.41, 5.74) is -2.13. The highest BCUT2D eigenvalue weighted by atomic mass is 16.7. The summed E-state index contributed by atoms with van der Waals surface area (Å²) in [6, 6.07) is 0. The first kappa shape index (κ1) is 12.8. The summed E-state index contributed by atoms with van der Waals surface area (Å²) < 4.78 is 0. The maximum absolute atomic E-state index is 10.8. The zero-order valence-corrected chi connectivity index (χ0v) is 8.46. The summed E-state index contributed by atoms with van der Waals surface area (Å²) in [7, 11) is 0. The summed E-state index contributed by atoms with van der Waals surface area (Å²) >= 11 is 0. The van der Waals surface area contributed by atoms with E-state index in [4.69, 9.17) is 5.11 Å². The Morgan fingerprint density at radius 3 is 1.71 bits per heavy atom. The van der Waals surface area contributed by atoms with E-state index in [1.54, 1.807) is 0 Å². The monoisotopic (exact) mass is 251 g/mol. The second kappa shape index (κ2) is 4.32. The second-order valence-electron chi connectivity index (χ2n) is 3.59. The predicted molar refractivity (Wildman–Crippen MR) is 49.1 cm³/mol. The van der Waals surface area contributed by atoms with Crippen molar-refractivity contribution in [3.8, 4) is 0 Å². The SMILES string of the molecule is O=[N+]([O-])N1CN([N+](=O)[O-])CC(CO)([N+](=O)[O-])C1. The molecular weight excluding hydrogens is 242 g/mol. The lowest BCUT2D eigenvalue weighted by molar-refractivity contribution is -0.744. The van der Waals surface area contributed by atoms with Gasteiger partial charge in [-0.2, -0.15) is 0 Å². The molecule has 0 aromatic carbocycles. The van der Waals surface area contributed by atoms with Gasteiger partial charge in [0.2, 0.25) is 6.67 Å². The van der Waals surface area contributed by atoms with Crippen LogP contribution < -0.4 is 0 Å².